The SMILES string of the molecule is NC(=O)[C@H]1CCCN(c2ccc(CNC(=O)c3ccccn3)cc2)C1. The molecule has 6 heteroatoms. The van der Waals surface area contributed by atoms with Crippen LogP contribution in [0.15, 0.2) is 48.7 Å². The van der Waals surface area contributed by atoms with Crippen LogP contribution in [0, 0.1) is 5.92 Å². The van der Waals surface area contributed by atoms with E-state index in [1.54, 1.807) is 24.4 Å². The second-order valence-electron chi connectivity index (χ2n) is 6.25. The predicted octanol–water partition coefficient (Wildman–Crippen LogP) is 1.71. The summed E-state index contributed by atoms with van der Waals surface area (Å²) < 4.78 is 0. The quantitative estimate of drug-likeness (QED) is 0.869. The van der Waals surface area contributed by atoms with Gasteiger partial charge in [-0.05, 0) is 42.7 Å². The summed E-state index contributed by atoms with van der Waals surface area (Å²) in [5, 5.41) is 2.86. The number of carbonyl (C=O) groups is 2. The Bertz CT molecular complexity index is 731. The van der Waals surface area contributed by atoms with Crippen LogP contribution < -0.4 is 16.0 Å². The lowest BCUT2D eigenvalue weighted by molar-refractivity contribution is -0.122. The minimum Gasteiger partial charge on any atom is -0.371 e. The topological polar surface area (TPSA) is 88.3 Å². The molecule has 0 radical (unpaired) electrons. The number of hydrogen-bond acceptors (Lipinski definition) is 4. The second-order valence-corrected chi connectivity index (χ2v) is 6.25. The molecule has 2 heterocycles. The highest BCUT2D eigenvalue weighted by atomic mass is 16.2. The summed E-state index contributed by atoms with van der Waals surface area (Å²) in [7, 11) is 0. The number of nitrogens with zero attached hydrogens (tertiary/aromatic N) is 2. The summed E-state index contributed by atoms with van der Waals surface area (Å²) >= 11 is 0. The standard InChI is InChI=1S/C19H22N4O2/c20-18(24)15-4-3-11-23(13-15)16-8-6-14(7-9-16)12-22-19(25)17-5-1-2-10-21-17/h1-2,5-10,15H,3-4,11-13H2,(H2,20,24)(H,22,25)/t15-/m0/s1. The molecule has 130 valence electrons. The highest BCUT2D eigenvalue weighted by Gasteiger charge is 2.24. The Hall–Kier alpha value is -2.89. The van der Waals surface area contributed by atoms with Crippen molar-refractivity contribution in [2.45, 2.75) is 19.4 Å². The Morgan fingerprint density at radius 1 is 1.20 bits per heavy atom. The largest absolute Gasteiger partial charge is 0.371 e. The summed E-state index contributed by atoms with van der Waals surface area (Å²) in [6, 6.07) is 13.3. The van der Waals surface area contributed by atoms with E-state index in [9.17, 15) is 9.59 Å². The first-order chi connectivity index (χ1) is 12.1. The van der Waals surface area contributed by atoms with Crippen LogP contribution in [0.3, 0.4) is 0 Å². The molecule has 1 fully saturated rings. The number of carbonyl (C=O) groups excluding carboxylic acids is 2. The minimum absolute atomic E-state index is 0.0777. The lowest BCUT2D eigenvalue weighted by atomic mass is 9.97. The summed E-state index contributed by atoms with van der Waals surface area (Å²) in [6.45, 7) is 2.05. The molecule has 1 atom stereocenters. The van der Waals surface area contributed by atoms with Gasteiger partial charge in [0.25, 0.3) is 5.91 Å². The highest BCUT2D eigenvalue weighted by Crippen LogP contribution is 2.23. The molecule has 3 N–H and O–H groups in total. The minimum atomic E-state index is -0.224. The molecule has 1 aromatic carbocycles. The van der Waals surface area contributed by atoms with Gasteiger partial charge >= 0.3 is 0 Å². The van der Waals surface area contributed by atoms with Crippen LogP contribution >= 0.6 is 0 Å². The molecular weight excluding hydrogens is 316 g/mol. The van der Waals surface area contributed by atoms with E-state index in [1.807, 2.05) is 24.3 Å². The number of nitrogens with one attached hydrogen (secondary N) is 1. The average molecular weight is 338 g/mol. The number of aromatic nitrogens is 1. The molecule has 0 bridgehead atoms. The van der Waals surface area contributed by atoms with Gasteiger partial charge < -0.3 is 16.0 Å². The van der Waals surface area contributed by atoms with E-state index in [1.165, 1.54) is 0 Å². The van der Waals surface area contributed by atoms with Crippen molar-refractivity contribution in [3.05, 3.63) is 59.9 Å². The Labute approximate surface area is 147 Å². The average Bonchev–Trinajstić information content (AvgIpc) is 2.67. The lowest BCUT2D eigenvalue weighted by Gasteiger charge is -2.33. The van der Waals surface area contributed by atoms with E-state index in [0.29, 0.717) is 18.8 Å². The predicted molar refractivity (Wildman–Crippen MR) is 96.0 cm³/mol. The molecule has 3 rings (SSSR count). The molecule has 2 aromatic rings. The van der Waals surface area contributed by atoms with E-state index in [4.69, 9.17) is 5.73 Å². The van der Waals surface area contributed by atoms with Gasteiger partial charge in [-0.15, -0.1) is 0 Å². The van der Waals surface area contributed by atoms with Gasteiger partial charge in [0.15, 0.2) is 0 Å². The number of primary amides is 1. The van der Waals surface area contributed by atoms with Gasteiger partial charge in [-0.2, -0.15) is 0 Å². The number of benzene rings is 1. The number of rotatable bonds is 5. The van der Waals surface area contributed by atoms with E-state index in [-0.39, 0.29) is 17.7 Å². The van der Waals surface area contributed by atoms with Gasteiger partial charge in [-0.1, -0.05) is 18.2 Å². The van der Waals surface area contributed by atoms with Crippen molar-refractivity contribution in [2.75, 3.05) is 18.0 Å². The summed E-state index contributed by atoms with van der Waals surface area (Å²) in [5.74, 6) is -0.491. The van der Waals surface area contributed by atoms with Crippen molar-refractivity contribution in [3.8, 4) is 0 Å². The molecule has 0 saturated carbocycles. The van der Waals surface area contributed by atoms with Gasteiger partial charge in [0.1, 0.15) is 5.69 Å². The zero-order valence-electron chi connectivity index (χ0n) is 14.0. The summed E-state index contributed by atoms with van der Waals surface area (Å²) in [4.78, 5) is 29.6. The first-order valence-corrected chi connectivity index (χ1v) is 8.46. The van der Waals surface area contributed by atoms with E-state index < -0.39 is 0 Å². The Kier molecular flexibility index (Phi) is 5.28. The normalized spacial score (nSPS) is 17.1. The summed E-state index contributed by atoms with van der Waals surface area (Å²) in [5.41, 5.74) is 7.93. The molecule has 25 heavy (non-hydrogen) atoms. The van der Waals surface area contributed by atoms with Crippen molar-refractivity contribution < 1.29 is 9.59 Å². The van der Waals surface area contributed by atoms with Crippen LogP contribution in [0.25, 0.3) is 0 Å². The van der Waals surface area contributed by atoms with Crippen molar-refractivity contribution in [1.29, 1.82) is 0 Å². The van der Waals surface area contributed by atoms with Crippen LogP contribution in [-0.4, -0.2) is 29.9 Å². The van der Waals surface area contributed by atoms with E-state index in [2.05, 4.69) is 15.2 Å². The second kappa shape index (κ2) is 7.79. The molecule has 1 saturated heterocycles. The fraction of sp³-hybridized carbons (Fsp3) is 0.316. The first-order valence-electron chi connectivity index (χ1n) is 8.46. The number of pyridine rings is 1. The van der Waals surface area contributed by atoms with Crippen molar-refractivity contribution in [2.24, 2.45) is 11.7 Å². The number of hydrogen-bond donors (Lipinski definition) is 2. The first kappa shape index (κ1) is 17.0. The maximum Gasteiger partial charge on any atom is 0.270 e. The van der Waals surface area contributed by atoms with Gasteiger partial charge in [0.2, 0.25) is 5.91 Å². The third-order valence-electron chi connectivity index (χ3n) is 4.48. The molecular formula is C19H22N4O2. The molecule has 0 aliphatic carbocycles. The van der Waals surface area contributed by atoms with Gasteiger partial charge in [0, 0.05) is 31.5 Å². The Morgan fingerprint density at radius 3 is 2.68 bits per heavy atom. The van der Waals surface area contributed by atoms with Gasteiger partial charge in [-0.25, -0.2) is 0 Å². The Morgan fingerprint density at radius 2 is 2.00 bits per heavy atom. The van der Waals surface area contributed by atoms with Crippen molar-refractivity contribution in [3.63, 3.8) is 0 Å². The molecule has 1 aliphatic heterocycles. The molecule has 0 spiro atoms. The van der Waals surface area contributed by atoms with Crippen LogP contribution in [0.1, 0.15) is 28.9 Å². The van der Waals surface area contributed by atoms with E-state index in [0.717, 1.165) is 30.6 Å². The summed E-state index contributed by atoms with van der Waals surface area (Å²) in [6.07, 6.45) is 3.43. The van der Waals surface area contributed by atoms with Gasteiger partial charge in [-0.3, -0.25) is 14.6 Å². The van der Waals surface area contributed by atoms with Crippen molar-refractivity contribution in [1.82, 2.24) is 10.3 Å². The zero-order valence-corrected chi connectivity index (χ0v) is 14.0. The number of nitrogens with two attached hydrogens (primary N) is 1. The monoisotopic (exact) mass is 338 g/mol. The van der Waals surface area contributed by atoms with Gasteiger partial charge in [0.05, 0.1) is 5.92 Å². The third-order valence-corrected chi connectivity index (χ3v) is 4.48. The highest BCUT2D eigenvalue weighted by molar-refractivity contribution is 5.92. The van der Waals surface area contributed by atoms with Crippen LogP contribution in [0.2, 0.25) is 0 Å². The van der Waals surface area contributed by atoms with Crippen LogP contribution in [-0.2, 0) is 11.3 Å². The van der Waals surface area contributed by atoms with Crippen molar-refractivity contribution >= 4 is 17.5 Å². The molecule has 2 amide bonds. The number of amides is 2. The molecule has 0 unspecified atom stereocenters. The van der Waals surface area contributed by atoms with Crippen LogP contribution in [0.4, 0.5) is 5.69 Å². The fourth-order valence-corrected chi connectivity index (χ4v) is 3.04. The Balaban J connectivity index is 1.57. The third kappa shape index (κ3) is 4.35. The molecule has 1 aliphatic rings. The zero-order chi connectivity index (χ0) is 17.6. The number of anilines is 1. The molecule has 6 nitrogen and oxygen atoms in total. The number of piperidine rings is 1. The van der Waals surface area contributed by atoms with E-state index >= 15 is 0 Å². The molecule has 1 aromatic heterocycles. The maximum absolute atomic E-state index is 12.0. The van der Waals surface area contributed by atoms with Crippen LogP contribution in [0.5, 0.6) is 0 Å². The lowest BCUT2D eigenvalue weighted by Crippen LogP contribution is -2.41. The fourth-order valence-electron chi connectivity index (χ4n) is 3.04. The maximum atomic E-state index is 12.0. The smallest absolute Gasteiger partial charge is 0.270 e.